The number of hydrogen-bond donors (Lipinski definition) is 2. The fraction of sp³-hybridized carbons (Fsp3) is 0.316. The number of aromatic amines is 1. The molecule has 0 saturated heterocycles. The smallest absolute Gasteiger partial charge is 0.355 e. The second-order valence-electron chi connectivity index (χ2n) is 5.98. The number of aromatic nitrogens is 1. The van der Waals surface area contributed by atoms with Gasteiger partial charge in [0.15, 0.2) is 6.10 Å². The molecule has 9 heteroatoms. The molecule has 2 N–H and O–H groups in total. The molecule has 0 saturated carbocycles. The van der Waals surface area contributed by atoms with Crippen molar-refractivity contribution in [3.8, 4) is 0 Å². The monoisotopic (exact) mass is 394 g/mol. The lowest BCUT2D eigenvalue weighted by atomic mass is 10.1. The van der Waals surface area contributed by atoms with E-state index < -0.39 is 41.3 Å². The highest BCUT2D eigenvalue weighted by Crippen LogP contribution is 2.21. The molecular weight excluding hydrogens is 374 g/mol. The zero-order chi connectivity index (χ0) is 21.0. The molecule has 0 aliphatic rings. The molecule has 0 spiro atoms. The normalized spacial score (nSPS) is 11.6. The van der Waals surface area contributed by atoms with Gasteiger partial charge in [0.1, 0.15) is 23.0 Å². The Morgan fingerprint density at radius 3 is 2.32 bits per heavy atom. The molecule has 0 bridgehead atoms. The quantitative estimate of drug-likeness (QED) is 0.733. The van der Waals surface area contributed by atoms with Crippen molar-refractivity contribution < 1.29 is 32.6 Å². The number of rotatable bonds is 6. The van der Waals surface area contributed by atoms with Gasteiger partial charge in [-0.3, -0.25) is 4.79 Å². The molecule has 1 amide bonds. The third kappa shape index (κ3) is 4.36. The van der Waals surface area contributed by atoms with Crippen LogP contribution in [-0.4, -0.2) is 35.5 Å². The maximum absolute atomic E-state index is 13.6. The zero-order valence-electron chi connectivity index (χ0n) is 15.8. The van der Waals surface area contributed by atoms with E-state index in [-0.39, 0.29) is 17.9 Å². The van der Waals surface area contributed by atoms with Gasteiger partial charge >= 0.3 is 11.9 Å². The summed E-state index contributed by atoms with van der Waals surface area (Å²) < 4.78 is 37.3. The number of H-pyrrole nitrogens is 1. The molecule has 7 nitrogen and oxygen atoms in total. The van der Waals surface area contributed by atoms with Crippen molar-refractivity contribution in [3.63, 3.8) is 0 Å². The van der Waals surface area contributed by atoms with Crippen LogP contribution in [0.25, 0.3) is 0 Å². The van der Waals surface area contributed by atoms with Gasteiger partial charge in [-0.2, -0.15) is 0 Å². The third-order valence-electron chi connectivity index (χ3n) is 3.99. The van der Waals surface area contributed by atoms with Crippen LogP contribution in [0.3, 0.4) is 0 Å². The number of nitrogens with one attached hydrogen (secondary N) is 2. The van der Waals surface area contributed by atoms with Gasteiger partial charge < -0.3 is 19.8 Å². The highest BCUT2D eigenvalue weighted by Gasteiger charge is 2.27. The van der Waals surface area contributed by atoms with E-state index in [4.69, 9.17) is 9.47 Å². The van der Waals surface area contributed by atoms with Gasteiger partial charge in [-0.05, 0) is 45.4 Å². The van der Waals surface area contributed by atoms with Gasteiger partial charge in [0.2, 0.25) is 0 Å². The highest BCUT2D eigenvalue weighted by molar-refractivity contribution is 6.01. The topological polar surface area (TPSA) is 97.5 Å². The number of ether oxygens (including phenoxy) is 2. The van der Waals surface area contributed by atoms with Crippen LogP contribution in [0.4, 0.5) is 14.5 Å². The first-order valence-corrected chi connectivity index (χ1v) is 8.49. The SMILES string of the molecule is CCOC(=O)c1[nH]c(C)c(C(=O)O[C@@H](C)C(=O)Nc2c(F)cccc2F)c1C. The summed E-state index contributed by atoms with van der Waals surface area (Å²) in [7, 11) is 0. The van der Waals surface area contributed by atoms with E-state index in [2.05, 4.69) is 10.3 Å². The summed E-state index contributed by atoms with van der Waals surface area (Å²) in [6, 6.07) is 3.12. The van der Waals surface area contributed by atoms with E-state index in [1.54, 1.807) is 13.8 Å². The van der Waals surface area contributed by atoms with Crippen LogP contribution in [0.2, 0.25) is 0 Å². The molecule has 0 fully saturated rings. The minimum Gasteiger partial charge on any atom is -0.461 e. The number of para-hydroxylation sites is 1. The van der Waals surface area contributed by atoms with Crippen molar-refractivity contribution in [2.45, 2.75) is 33.8 Å². The summed E-state index contributed by atoms with van der Waals surface area (Å²) in [6.45, 7) is 6.17. The van der Waals surface area contributed by atoms with E-state index in [9.17, 15) is 23.2 Å². The van der Waals surface area contributed by atoms with Crippen LogP contribution in [0.15, 0.2) is 18.2 Å². The third-order valence-corrected chi connectivity index (χ3v) is 3.99. The Kier molecular flexibility index (Phi) is 6.50. The minimum atomic E-state index is -1.34. The molecule has 2 rings (SSSR count). The summed E-state index contributed by atoms with van der Waals surface area (Å²) in [4.78, 5) is 39.3. The molecule has 0 aliphatic heterocycles. The maximum atomic E-state index is 13.6. The molecule has 150 valence electrons. The van der Waals surface area contributed by atoms with Crippen LogP contribution in [0.1, 0.15) is 46.0 Å². The van der Waals surface area contributed by atoms with Crippen molar-refractivity contribution in [1.82, 2.24) is 4.98 Å². The number of benzene rings is 1. The molecule has 1 atom stereocenters. The molecule has 1 aromatic carbocycles. The van der Waals surface area contributed by atoms with Crippen molar-refractivity contribution in [2.75, 3.05) is 11.9 Å². The molecule has 0 unspecified atom stereocenters. The van der Waals surface area contributed by atoms with Gasteiger partial charge in [0, 0.05) is 5.69 Å². The Morgan fingerprint density at radius 2 is 1.75 bits per heavy atom. The summed E-state index contributed by atoms with van der Waals surface area (Å²) in [5.41, 5.74) is 0.234. The summed E-state index contributed by atoms with van der Waals surface area (Å²) in [6.07, 6.45) is -1.34. The largest absolute Gasteiger partial charge is 0.461 e. The van der Waals surface area contributed by atoms with E-state index in [0.717, 1.165) is 18.2 Å². The fourth-order valence-electron chi connectivity index (χ4n) is 2.58. The molecule has 28 heavy (non-hydrogen) atoms. The van der Waals surface area contributed by atoms with Crippen LogP contribution in [0.5, 0.6) is 0 Å². The first kappa shape index (κ1) is 21.1. The van der Waals surface area contributed by atoms with Gasteiger partial charge in [-0.1, -0.05) is 6.07 Å². The molecule has 0 aliphatic carbocycles. The van der Waals surface area contributed by atoms with Gasteiger partial charge in [-0.25, -0.2) is 18.4 Å². The Labute approximate surface area is 160 Å². The second kappa shape index (κ2) is 8.64. The number of carbonyl (C=O) groups is 3. The van der Waals surface area contributed by atoms with Crippen molar-refractivity contribution in [2.24, 2.45) is 0 Å². The van der Waals surface area contributed by atoms with Crippen molar-refractivity contribution >= 4 is 23.5 Å². The number of carbonyl (C=O) groups excluding carboxylic acids is 3. The standard InChI is InChI=1S/C19H20F2N2O5/c1-5-27-19(26)15-9(2)14(10(3)22-15)18(25)28-11(4)17(24)23-16-12(20)7-6-8-13(16)21/h6-8,11,22H,5H2,1-4H3,(H,23,24)/t11-/m0/s1. The number of amides is 1. The lowest BCUT2D eigenvalue weighted by molar-refractivity contribution is -0.123. The zero-order valence-corrected chi connectivity index (χ0v) is 15.8. The van der Waals surface area contributed by atoms with Crippen LogP contribution < -0.4 is 5.32 Å². The fourth-order valence-corrected chi connectivity index (χ4v) is 2.58. The second-order valence-corrected chi connectivity index (χ2v) is 5.98. The van der Waals surface area contributed by atoms with Gasteiger partial charge in [-0.15, -0.1) is 0 Å². The number of aryl methyl sites for hydroxylation is 1. The Morgan fingerprint density at radius 1 is 1.14 bits per heavy atom. The predicted molar refractivity (Wildman–Crippen MR) is 96.1 cm³/mol. The number of halogens is 2. The van der Waals surface area contributed by atoms with Gasteiger partial charge in [0.25, 0.3) is 5.91 Å². The summed E-state index contributed by atoms with van der Waals surface area (Å²) in [5, 5.41) is 2.06. The van der Waals surface area contributed by atoms with Crippen molar-refractivity contribution in [1.29, 1.82) is 0 Å². The highest BCUT2D eigenvalue weighted by atomic mass is 19.1. The van der Waals surface area contributed by atoms with E-state index >= 15 is 0 Å². The van der Waals surface area contributed by atoms with Gasteiger partial charge in [0.05, 0.1) is 12.2 Å². The summed E-state index contributed by atoms with van der Waals surface area (Å²) in [5.74, 6) is -4.30. The van der Waals surface area contributed by atoms with Crippen LogP contribution in [0, 0.1) is 25.5 Å². The van der Waals surface area contributed by atoms with E-state index in [1.807, 2.05) is 0 Å². The lowest BCUT2D eigenvalue weighted by Crippen LogP contribution is -2.31. The Bertz CT molecular complexity index is 903. The van der Waals surface area contributed by atoms with Crippen LogP contribution in [-0.2, 0) is 14.3 Å². The molecule has 1 heterocycles. The first-order chi connectivity index (χ1) is 13.2. The summed E-state index contributed by atoms with van der Waals surface area (Å²) >= 11 is 0. The lowest BCUT2D eigenvalue weighted by Gasteiger charge is -2.14. The minimum absolute atomic E-state index is 0.0831. The van der Waals surface area contributed by atoms with E-state index in [1.165, 1.54) is 13.8 Å². The van der Waals surface area contributed by atoms with Crippen molar-refractivity contribution in [3.05, 3.63) is 52.3 Å². The maximum Gasteiger partial charge on any atom is 0.355 e. The molecule has 1 aromatic heterocycles. The number of hydrogen-bond acceptors (Lipinski definition) is 5. The Hall–Kier alpha value is -3.23. The van der Waals surface area contributed by atoms with Crippen LogP contribution >= 0.6 is 0 Å². The molecule has 2 aromatic rings. The molecular formula is C19H20F2N2O5. The average molecular weight is 394 g/mol. The number of anilines is 1. The van der Waals surface area contributed by atoms with E-state index in [0.29, 0.717) is 11.3 Å². The average Bonchev–Trinajstić information content (AvgIpc) is 2.92. The Balaban J connectivity index is 2.14. The molecule has 0 radical (unpaired) electrons. The predicted octanol–water partition coefficient (Wildman–Crippen LogP) is 3.27. The number of esters is 2. The first-order valence-electron chi connectivity index (χ1n) is 8.49.